The van der Waals surface area contributed by atoms with Crippen LogP contribution in [0.15, 0.2) is 60.0 Å². The second kappa shape index (κ2) is 12.5. The standard InChI is InChI=1S/C32H37N3O6S/c1-32(2,3)41-31(38)35-14-12-21(17-35)19-39-23-8-10-24(11-9-23)40-20-25-22(18-36)6-5-7-26(25)33-30(37)28-16-29-27(34(28)4)13-15-42-29/h5-11,13,15-16,21,36H,12,14,17-20H2,1-4H3,(H,33,37)/t21-/m0/s1. The largest absolute Gasteiger partial charge is 0.493 e. The van der Waals surface area contributed by atoms with Crippen molar-refractivity contribution in [3.8, 4) is 11.5 Å². The molecule has 1 aliphatic rings. The van der Waals surface area contributed by atoms with Crippen LogP contribution in [0.2, 0.25) is 0 Å². The number of amides is 2. The lowest BCUT2D eigenvalue weighted by atomic mass is 10.1. The minimum Gasteiger partial charge on any atom is -0.493 e. The van der Waals surface area contributed by atoms with Gasteiger partial charge in [0.25, 0.3) is 5.91 Å². The number of aromatic nitrogens is 1. The molecule has 1 fully saturated rings. The number of aliphatic hydroxyl groups is 1. The summed E-state index contributed by atoms with van der Waals surface area (Å²) in [7, 11) is 1.87. The average molecular weight is 592 g/mol. The van der Waals surface area contributed by atoms with Crippen molar-refractivity contribution in [2.24, 2.45) is 13.0 Å². The van der Waals surface area contributed by atoms with Crippen LogP contribution in [0.25, 0.3) is 10.2 Å². The predicted octanol–water partition coefficient (Wildman–Crippen LogP) is 6.20. The molecule has 2 N–H and O–H groups in total. The summed E-state index contributed by atoms with van der Waals surface area (Å²) in [5.41, 5.74) is 3.04. The van der Waals surface area contributed by atoms with Gasteiger partial charge in [-0.05, 0) is 80.6 Å². The summed E-state index contributed by atoms with van der Waals surface area (Å²) >= 11 is 1.59. The Labute approximate surface area is 249 Å². The maximum Gasteiger partial charge on any atom is 0.410 e. The maximum atomic E-state index is 13.2. The maximum absolute atomic E-state index is 13.2. The van der Waals surface area contributed by atoms with Crippen LogP contribution in [0.3, 0.4) is 0 Å². The molecule has 2 aromatic heterocycles. The number of hydrogen-bond acceptors (Lipinski definition) is 7. The molecule has 5 rings (SSSR count). The Morgan fingerprint density at radius 1 is 1.07 bits per heavy atom. The first-order chi connectivity index (χ1) is 20.1. The van der Waals surface area contributed by atoms with Crippen LogP contribution in [0.5, 0.6) is 11.5 Å². The second-order valence-corrected chi connectivity index (χ2v) is 12.4. The number of carbonyl (C=O) groups excluding carboxylic acids is 2. The highest BCUT2D eigenvalue weighted by Gasteiger charge is 2.30. The summed E-state index contributed by atoms with van der Waals surface area (Å²) in [4.78, 5) is 27.2. The Kier molecular flexibility index (Phi) is 8.74. The zero-order chi connectivity index (χ0) is 29.9. The van der Waals surface area contributed by atoms with Crippen LogP contribution in [-0.2, 0) is 25.0 Å². The lowest BCUT2D eigenvalue weighted by Gasteiger charge is -2.24. The lowest BCUT2D eigenvalue weighted by molar-refractivity contribution is 0.0284. The fourth-order valence-corrected chi connectivity index (χ4v) is 5.84. The van der Waals surface area contributed by atoms with Gasteiger partial charge in [0.15, 0.2) is 0 Å². The van der Waals surface area contributed by atoms with Crippen molar-refractivity contribution in [1.29, 1.82) is 0 Å². The van der Waals surface area contributed by atoms with Crippen LogP contribution in [0, 0.1) is 5.92 Å². The van der Waals surface area contributed by atoms with Crippen molar-refractivity contribution in [2.75, 3.05) is 25.0 Å². The smallest absolute Gasteiger partial charge is 0.410 e. The number of hydrogen-bond donors (Lipinski definition) is 2. The monoisotopic (exact) mass is 591 g/mol. The van der Waals surface area contributed by atoms with Gasteiger partial charge in [0, 0.05) is 37.3 Å². The Hall–Kier alpha value is -4.02. The van der Waals surface area contributed by atoms with E-state index in [4.69, 9.17) is 14.2 Å². The number of anilines is 1. The van der Waals surface area contributed by atoms with Gasteiger partial charge in [-0.15, -0.1) is 11.3 Å². The Morgan fingerprint density at radius 2 is 1.81 bits per heavy atom. The number of thiophene rings is 1. The SMILES string of the molecule is Cn1c(C(=O)Nc2cccc(CO)c2COc2ccc(OC[C@H]3CCN(C(=O)OC(C)(C)C)C3)cc2)cc2sccc21. The molecule has 10 heteroatoms. The molecule has 0 unspecified atom stereocenters. The van der Waals surface area contributed by atoms with Crippen LogP contribution >= 0.6 is 11.3 Å². The number of aliphatic hydroxyl groups excluding tert-OH is 1. The van der Waals surface area contributed by atoms with Gasteiger partial charge in [0.05, 0.1) is 23.4 Å². The molecule has 0 aliphatic carbocycles. The molecule has 1 atom stereocenters. The quantitative estimate of drug-likeness (QED) is 0.240. The van der Waals surface area contributed by atoms with Gasteiger partial charge >= 0.3 is 6.09 Å². The third-order valence-corrected chi connectivity index (χ3v) is 8.07. The molecule has 9 nitrogen and oxygen atoms in total. The van der Waals surface area contributed by atoms with Gasteiger partial charge in [-0.1, -0.05) is 12.1 Å². The molecule has 0 bridgehead atoms. The van der Waals surface area contributed by atoms with E-state index in [2.05, 4.69) is 5.32 Å². The molecule has 3 heterocycles. The topological polar surface area (TPSA) is 102 Å². The summed E-state index contributed by atoms with van der Waals surface area (Å²) < 4.78 is 20.4. The molecule has 1 aliphatic heterocycles. The third kappa shape index (κ3) is 6.88. The highest BCUT2D eigenvalue weighted by Crippen LogP contribution is 2.28. The minimum absolute atomic E-state index is 0.164. The first kappa shape index (κ1) is 29.5. The number of benzene rings is 2. The minimum atomic E-state index is -0.509. The van der Waals surface area contributed by atoms with Crippen molar-refractivity contribution >= 4 is 39.2 Å². The number of carbonyl (C=O) groups is 2. The van der Waals surface area contributed by atoms with E-state index in [0.29, 0.717) is 53.7 Å². The Bertz CT molecular complexity index is 1550. The molecule has 222 valence electrons. The van der Waals surface area contributed by atoms with Crippen LogP contribution in [-0.4, -0.2) is 51.9 Å². The first-order valence-corrected chi connectivity index (χ1v) is 14.9. The van der Waals surface area contributed by atoms with Crippen LogP contribution in [0.4, 0.5) is 10.5 Å². The summed E-state index contributed by atoms with van der Waals surface area (Å²) in [6.45, 7) is 7.36. The van der Waals surface area contributed by atoms with Gasteiger partial charge in [0.2, 0.25) is 0 Å². The Balaban J connectivity index is 1.17. The number of fused-ring (bicyclic) bond motifs is 1. The van der Waals surface area contributed by atoms with Gasteiger partial charge in [-0.2, -0.15) is 0 Å². The average Bonchev–Trinajstić information content (AvgIpc) is 3.69. The van der Waals surface area contributed by atoms with E-state index in [0.717, 1.165) is 16.6 Å². The predicted molar refractivity (Wildman–Crippen MR) is 163 cm³/mol. The fourth-order valence-electron chi connectivity index (χ4n) is 4.99. The van der Waals surface area contributed by atoms with Crippen molar-refractivity contribution in [1.82, 2.24) is 9.47 Å². The summed E-state index contributed by atoms with van der Waals surface area (Å²) in [5, 5.41) is 15.0. The van der Waals surface area contributed by atoms with E-state index in [1.165, 1.54) is 0 Å². The molecule has 2 amide bonds. The fraction of sp³-hybridized carbons (Fsp3) is 0.375. The number of likely N-dealkylation sites (tertiary alicyclic amines) is 1. The Morgan fingerprint density at radius 3 is 2.50 bits per heavy atom. The number of nitrogens with zero attached hydrogens (tertiary/aromatic N) is 2. The second-order valence-electron chi connectivity index (χ2n) is 11.5. The van der Waals surface area contributed by atoms with Crippen LogP contribution in [0.1, 0.15) is 48.8 Å². The normalized spacial score (nSPS) is 15.2. The molecule has 0 saturated carbocycles. The van der Waals surface area contributed by atoms with Crippen molar-refractivity contribution in [3.63, 3.8) is 0 Å². The summed E-state index contributed by atoms with van der Waals surface area (Å²) in [6.07, 6.45) is 0.586. The van der Waals surface area contributed by atoms with Crippen LogP contribution < -0.4 is 14.8 Å². The zero-order valence-electron chi connectivity index (χ0n) is 24.4. The van der Waals surface area contributed by atoms with Crippen molar-refractivity contribution in [2.45, 2.75) is 46.0 Å². The molecule has 1 saturated heterocycles. The highest BCUT2D eigenvalue weighted by molar-refractivity contribution is 7.17. The van der Waals surface area contributed by atoms with E-state index < -0.39 is 5.60 Å². The van der Waals surface area contributed by atoms with Gasteiger partial charge in [-0.3, -0.25) is 4.79 Å². The highest BCUT2D eigenvalue weighted by atomic mass is 32.1. The summed E-state index contributed by atoms with van der Waals surface area (Å²) in [6, 6.07) is 16.7. The molecule has 0 radical (unpaired) electrons. The number of rotatable bonds is 9. The zero-order valence-corrected chi connectivity index (χ0v) is 25.2. The van der Waals surface area contributed by atoms with E-state index >= 15 is 0 Å². The third-order valence-electron chi connectivity index (χ3n) is 7.22. The van der Waals surface area contributed by atoms with Gasteiger partial charge < -0.3 is 34.1 Å². The number of aryl methyl sites for hydroxylation is 1. The molecule has 42 heavy (non-hydrogen) atoms. The molecule has 0 spiro atoms. The van der Waals surface area contributed by atoms with Crippen molar-refractivity contribution < 1.29 is 28.9 Å². The summed E-state index contributed by atoms with van der Waals surface area (Å²) in [5.74, 6) is 1.36. The van der Waals surface area contributed by atoms with E-state index in [-0.39, 0.29) is 31.1 Å². The van der Waals surface area contributed by atoms with Crippen molar-refractivity contribution in [3.05, 3.63) is 76.8 Å². The van der Waals surface area contributed by atoms with Gasteiger partial charge in [-0.25, -0.2) is 4.79 Å². The molecule has 4 aromatic rings. The number of nitrogens with one attached hydrogen (secondary N) is 1. The van der Waals surface area contributed by atoms with Gasteiger partial charge in [0.1, 0.15) is 29.4 Å². The first-order valence-electron chi connectivity index (χ1n) is 14.0. The lowest BCUT2D eigenvalue weighted by Crippen LogP contribution is -2.35. The molecule has 2 aromatic carbocycles. The van der Waals surface area contributed by atoms with E-state index in [1.807, 2.05) is 86.3 Å². The molecular weight excluding hydrogens is 554 g/mol. The van der Waals surface area contributed by atoms with E-state index in [1.54, 1.807) is 22.3 Å². The molecular formula is C32H37N3O6S. The number of ether oxygens (including phenoxy) is 3. The van der Waals surface area contributed by atoms with E-state index in [9.17, 15) is 14.7 Å².